The molecule has 1 unspecified atom stereocenters. The molecule has 0 fully saturated rings. The fraction of sp³-hybridized carbons (Fsp3) is 0.524. The van der Waals surface area contributed by atoms with Gasteiger partial charge in [0.2, 0.25) is 0 Å². The summed E-state index contributed by atoms with van der Waals surface area (Å²) < 4.78 is 11.4. The number of carbonyl (C=O) groups excluding carboxylic acids is 2. The topological polar surface area (TPSA) is 76.7 Å². The van der Waals surface area contributed by atoms with Crippen LogP contribution in [0.25, 0.3) is 0 Å². The first kappa shape index (κ1) is 22.1. The summed E-state index contributed by atoms with van der Waals surface area (Å²) in [4.78, 5) is 25.3. The van der Waals surface area contributed by atoms with Crippen LogP contribution < -0.4 is 15.4 Å². The molecule has 1 aliphatic rings. The zero-order valence-electron chi connectivity index (χ0n) is 17.1. The van der Waals surface area contributed by atoms with Crippen molar-refractivity contribution in [2.75, 3.05) is 0 Å². The molecule has 0 aromatic heterocycles. The molecule has 28 heavy (non-hydrogen) atoms. The lowest BCUT2D eigenvalue weighted by molar-refractivity contribution is -0.143. The predicted octanol–water partition coefficient (Wildman–Crippen LogP) is 4.88. The van der Waals surface area contributed by atoms with Crippen LogP contribution in [0, 0.1) is 0 Å². The second kappa shape index (κ2) is 9.82. The van der Waals surface area contributed by atoms with Crippen LogP contribution in [0.15, 0.2) is 29.5 Å². The molecule has 1 atom stereocenters. The minimum atomic E-state index is -0.709. The second-order valence-electron chi connectivity index (χ2n) is 7.33. The third-order valence-corrected chi connectivity index (χ3v) is 4.38. The van der Waals surface area contributed by atoms with Crippen LogP contribution in [0.3, 0.4) is 0 Å². The smallest absolute Gasteiger partial charge is 0.338 e. The van der Waals surface area contributed by atoms with E-state index in [2.05, 4.69) is 17.6 Å². The van der Waals surface area contributed by atoms with Crippen LogP contribution in [0.1, 0.15) is 65.5 Å². The van der Waals surface area contributed by atoms with Crippen molar-refractivity contribution in [1.29, 1.82) is 0 Å². The largest absolute Gasteiger partial charge is 0.491 e. The third kappa shape index (κ3) is 5.64. The Morgan fingerprint density at radius 3 is 2.54 bits per heavy atom. The van der Waals surface area contributed by atoms with Crippen LogP contribution in [0.5, 0.6) is 5.75 Å². The van der Waals surface area contributed by atoms with Gasteiger partial charge in [0.15, 0.2) is 0 Å². The monoisotopic (exact) mass is 408 g/mol. The molecule has 0 saturated heterocycles. The van der Waals surface area contributed by atoms with Gasteiger partial charge in [-0.2, -0.15) is 0 Å². The van der Waals surface area contributed by atoms with Gasteiger partial charge in [0.05, 0.1) is 23.8 Å². The van der Waals surface area contributed by atoms with E-state index in [1.54, 1.807) is 32.0 Å². The molecule has 0 radical (unpaired) electrons. The predicted molar refractivity (Wildman–Crippen MR) is 109 cm³/mol. The number of nitrogens with one attached hydrogen (secondary N) is 2. The van der Waals surface area contributed by atoms with Gasteiger partial charge in [0.25, 0.3) is 0 Å². The van der Waals surface area contributed by atoms with Crippen LogP contribution in [0.2, 0.25) is 5.02 Å². The van der Waals surface area contributed by atoms with Gasteiger partial charge in [-0.05, 0) is 58.7 Å². The van der Waals surface area contributed by atoms with Crippen molar-refractivity contribution >= 4 is 23.6 Å². The summed E-state index contributed by atoms with van der Waals surface area (Å²) in [5, 5.41) is 6.11. The highest BCUT2D eigenvalue weighted by Crippen LogP contribution is 2.37. The summed E-state index contributed by atoms with van der Waals surface area (Å²) in [5.41, 5.74) is 1.59. The quantitative estimate of drug-likeness (QED) is 0.601. The SMILES string of the molecule is CCCCC1=C(C(=O)OC(C)C)C(c2cc(Cl)ccc2OC(C)C)NC(=O)N1. The Bertz CT molecular complexity index is 759. The first-order chi connectivity index (χ1) is 13.2. The highest BCUT2D eigenvalue weighted by atomic mass is 35.5. The molecule has 0 bridgehead atoms. The molecule has 1 aromatic carbocycles. The molecule has 2 rings (SSSR count). The van der Waals surface area contributed by atoms with Crippen molar-refractivity contribution in [3.63, 3.8) is 0 Å². The standard InChI is InChI=1S/C21H29ClN2O4/c1-6-7-8-16-18(20(25)28-13(4)5)19(24-21(26)23-16)15-11-14(22)9-10-17(15)27-12(2)3/h9-13,19H,6-8H2,1-5H3,(H2,23,24,26). The van der Waals surface area contributed by atoms with Crippen LogP contribution in [0.4, 0.5) is 4.79 Å². The molecule has 0 saturated carbocycles. The Morgan fingerprint density at radius 2 is 1.93 bits per heavy atom. The maximum atomic E-state index is 12.9. The molecule has 2 amide bonds. The number of hydrogen-bond donors (Lipinski definition) is 2. The Kier molecular flexibility index (Phi) is 7.75. The van der Waals surface area contributed by atoms with E-state index in [0.29, 0.717) is 34.0 Å². The fourth-order valence-corrected chi connectivity index (χ4v) is 3.21. The summed E-state index contributed by atoms with van der Waals surface area (Å²) >= 11 is 6.22. The summed E-state index contributed by atoms with van der Waals surface area (Å²) in [6.45, 7) is 9.46. The summed E-state index contributed by atoms with van der Waals surface area (Å²) in [5.74, 6) is 0.102. The highest BCUT2D eigenvalue weighted by Gasteiger charge is 2.35. The average molecular weight is 409 g/mol. The lowest BCUT2D eigenvalue weighted by Gasteiger charge is -2.31. The van der Waals surface area contributed by atoms with Crippen molar-refractivity contribution in [1.82, 2.24) is 10.6 Å². The van der Waals surface area contributed by atoms with E-state index in [1.807, 2.05) is 13.8 Å². The van der Waals surface area contributed by atoms with Crippen LogP contribution >= 0.6 is 11.6 Å². The van der Waals surface area contributed by atoms with Gasteiger partial charge in [0, 0.05) is 16.3 Å². The molecule has 0 aliphatic carbocycles. The molecule has 1 heterocycles. The zero-order chi connectivity index (χ0) is 20.8. The number of esters is 1. The van der Waals surface area contributed by atoms with Gasteiger partial charge in [-0.3, -0.25) is 0 Å². The summed E-state index contributed by atoms with van der Waals surface area (Å²) in [7, 11) is 0. The molecular formula is C21H29ClN2O4. The number of halogens is 1. The number of rotatable bonds is 8. The first-order valence-corrected chi connectivity index (χ1v) is 10.1. The molecule has 154 valence electrons. The second-order valence-corrected chi connectivity index (χ2v) is 7.77. The summed E-state index contributed by atoms with van der Waals surface area (Å²) in [6, 6.07) is 4.12. The first-order valence-electron chi connectivity index (χ1n) is 9.70. The third-order valence-electron chi connectivity index (χ3n) is 4.14. The number of benzene rings is 1. The number of hydrogen-bond acceptors (Lipinski definition) is 4. The molecule has 2 N–H and O–H groups in total. The van der Waals surface area contributed by atoms with Gasteiger partial charge >= 0.3 is 12.0 Å². The average Bonchev–Trinajstić information content (AvgIpc) is 2.59. The van der Waals surface area contributed by atoms with Crippen molar-refractivity contribution in [2.24, 2.45) is 0 Å². The Balaban J connectivity index is 2.59. The van der Waals surface area contributed by atoms with Crippen molar-refractivity contribution < 1.29 is 19.1 Å². The number of carbonyl (C=O) groups is 2. The molecular weight excluding hydrogens is 380 g/mol. The van der Waals surface area contributed by atoms with Gasteiger partial charge in [-0.15, -0.1) is 0 Å². The molecule has 6 nitrogen and oxygen atoms in total. The minimum Gasteiger partial charge on any atom is -0.491 e. The van der Waals surface area contributed by atoms with E-state index in [0.717, 1.165) is 12.8 Å². The zero-order valence-corrected chi connectivity index (χ0v) is 17.9. The number of amides is 2. The van der Waals surface area contributed by atoms with Crippen molar-refractivity contribution in [3.8, 4) is 5.75 Å². The number of ether oxygens (including phenoxy) is 2. The Labute approximate surface area is 171 Å². The number of unbranched alkanes of at least 4 members (excludes halogenated alkanes) is 1. The van der Waals surface area contributed by atoms with E-state index >= 15 is 0 Å². The van der Waals surface area contributed by atoms with Crippen LogP contribution in [-0.4, -0.2) is 24.2 Å². The van der Waals surface area contributed by atoms with E-state index in [1.165, 1.54) is 0 Å². The number of allylic oxidation sites excluding steroid dienone is 1. The normalized spacial score (nSPS) is 16.9. The van der Waals surface area contributed by atoms with E-state index in [-0.39, 0.29) is 18.2 Å². The molecule has 1 aromatic rings. The van der Waals surface area contributed by atoms with Gasteiger partial charge in [-0.1, -0.05) is 24.9 Å². The van der Waals surface area contributed by atoms with Crippen molar-refractivity contribution in [3.05, 3.63) is 40.1 Å². The fourth-order valence-electron chi connectivity index (χ4n) is 3.03. The minimum absolute atomic E-state index is 0.0769. The molecule has 7 heteroatoms. The lowest BCUT2D eigenvalue weighted by Crippen LogP contribution is -2.46. The lowest BCUT2D eigenvalue weighted by atomic mass is 9.92. The number of urea groups is 1. The summed E-state index contributed by atoms with van der Waals surface area (Å²) in [6.07, 6.45) is 1.99. The maximum absolute atomic E-state index is 12.9. The van der Waals surface area contributed by atoms with E-state index in [9.17, 15) is 9.59 Å². The van der Waals surface area contributed by atoms with Gasteiger partial charge in [0.1, 0.15) is 5.75 Å². The van der Waals surface area contributed by atoms with E-state index in [4.69, 9.17) is 21.1 Å². The van der Waals surface area contributed by atoms with Gasteiger partial charge in [-0.25, -0.2) is 9.59 Å². The highest BCUT2D eigenvalue weighted by molar-refractivity contribution is 6.30. The van der Waals surface area contributed by atoms with Crippen LogP contribution in [-0.2, 0) is 9.53 Å². The molecule has 1 aliphatic heterocycles. The Morgan fingerprint density at radius 1 is 1.21 bits per heavy atom. The van der Waals surface area contributed by atoms with Gasteiger partial charge < -0.3 is 20.1 Å². The van der Waals surface area contributed by atoms with E-state index < -0.39 is 12.0 Å². The maximum Gasteiger partial charge on any atom is 0.338 e. The Hall–Kier alpha value is -2.21. The van der Waals surface area contributed by atoms with Crippen molar-refractivity contribution in [2.45, 2.75) is 72.1 Å². The molecule has 0 spiro atoms.